The first-order chi connectivity index (χ1) is 10.1. The van der Waals surface area contributed by atoms with Crippen LogP contribution in [0.3, 0.4) is 0 Å². The number of nitro benzene ring substituents is 1. The molecule has 112 valence electrons. The smallest absolute Gasteiger partial charge is 0.315 e. The Morgan fingerprint density at radius 1 is 1.38 bits per heavy atom. The highest BCUT2D eigenvalue weighted by Gasteiger charge is 2.19. The van der Waals surface area contributed by atoms with Gasteiger partial charge >= 0.3 is 5.69 Å². The van der Waals surface area contributed by atoms with E-state index in [0.29, 0.717) is 24.5 Å². The van der Waals surface area contributed by atoms with Crippen molar-refractivity contribution in [1.29, 1.82) is 0 Å². The summed E-state index contributed by atoms with van der Waals surface area (Å²) >= 11 is 1.59. The molecule has 0 saturated carbocycles. The number of hydrogen-bond donors (Lipinski definition) is 2. The Balaban J connectivity index is 2.15. The second-order valence-electron chi connectivity index (χ2n) is 4.64. The number of nitro groups is 1. The number of thiazole rings is 1. The maximum Gasteiger partial charge on any atom is 0.315 e. The Morgan fingerprint density at radius 2 is 2.10 bits per heavy atom. The number of nitrogens with one attached hydrogen (secondary N) is 2. The molecule has 0 fully saturated rings. The van der Waals surface area contributed by atoms with Crippen molar-refractivity contribution < 1.29 is 4.92 Å². The lowest BCUT2D eigenvalue weighted by Crippen LogP contribution is -2.12. The van der Waals surface area contributed by atoms with Gasteiger partial charge in [0.15, 0.2) is 0 Å². The van der Waals surface area contributed by atoms with Crippen molar-refractivity contribution in [3.8, 4) is 0 Å². The highest BCUT2D eigenvalue weighted by molar-refractivity contribution is 7.09. The fourth-order valence-corrected chi connectivity index (χ4v) is 2.74. The van der Waals surface area contributed by atoms with Gasteiger partial charge in [0.05, 0.1) is 9.93 Å². The summed E-state index contributed by atoms with van der Waals surface area (Å²) in [6, 6.07) is 5.26. The van der Waals surface area contributed by atoms with E-state index in [1.807, 2.05) is 19.2 Å². The highest BCUT2D eigenvalue weighted by atomic mass is 32.1. The van der Waals surface area contributed by atoms with Gasteiger partial charge in [0.25, 0.3) is 0 Å². The van der Waals surface area contributed by atoms with Crippen molar-refractivity contribution >= 4 is 28.4 Å². The van der Waals surface area contributed by atoms with Gasteiger partial charge in [-0.1, -0.05) is 13.0 Å². The molecule has 1 aromatic heterocycles. The standard InChI is InChI=1S/C14H18N4O2S/c1-3-15-11-5-4-6-12(13(11)18(19)20)17-9-10(2)14-16-7-8-21-14/h4-8,10,15,17H,3,9H2,1-2H3. The van der Waals surface area contributed by atoms with E-state index in [0.717, 1.165) is 5.01 Å². The minimum absolute atomic E-state index is 0.0886. The molecule has 2 N–H and O–H groups in total. The van der Waals surface area contributed by atoms with Crippen molar-refractivity contribution in [1.82, 2.24) is 4.98 Å². The Labute approximate surface area is 127 Å². The number of aromatic nitrogens is 1. The van der Waals surface area contributed by atoms with Crippen molar-refractivity contribution in [2.24, 2.45) is 0 Å². The molecule has 1 aromatic carbocycles. The van der Waals surface area contributed by atoms with E-state index >= 15 is 0 Å². The predicted molar refractivity (Wildman–Crippen MR) is 86.3 cm³/mol. The first kappa shape index (κ1) is 15.2. The summed E-state index contributed by atoms with van der Waals surface area (Å²) in [4.78, 5) is 15.2. The topological polar surface area (TPSA) is 80.1 Å². The second-order valence-corrected chi connectivity index (χ2v) is 5.57. The van der Waals surface area contributed by atoms with Crippen LogP contribution < -0.4 is 10.6 Å². The van der Waals surface area contributed by atoms with Gasteiger partial charge in [-0.25, -0.2) is 4.98 Å². The minimum atomic E-state index is -0.353. The van der Waals surface area contributed by atoms with Gasteiger partial charge < -0.3 is 10.6 Å². The predicted octanol–water partition coefficient (Wildman–Crippen LogP) is 3.70. The molecule has 0 amide bonds. The number of nitrogens with zero attached hydrogens (tertiary/aromatic N) is 2. The molecule has 0 radical (unpaired) electrons. The molecule has 7 heteroatoms. The molecule has 0 aliphatic carbocycles. The number of rotatable bonds is 7. The first-order valence-electron chi connectivity index (χ1n) is 6.78. The first-order valence-corrected chi connectivity index (χ1v) is 7.66. The van der Waals surface area contributed by atoms with E-state index in [9.17, 15) is 10.1 Å². The maximum absolute atomic E-state index is 11.3. The lowest BCUT2D eigenvalue weighted by atomic mass is 10.1. The molecule has 1 unspecified atom stereocenters. The molecule has 0 bridgehead atoms. The molecule has 1 atom stereocenters. The molecule has 0 aliphatic rings. The molecule has 0 spiro atoms. The average Bonchev–Trinajstić information content (AvgIpc) is 2.99. The minimum Gasteiger partial charge on any atom is -0.380 e. The number of hydrogen-bond acceptors (Lipinski definition) is 6. The van der Waals surface area contributed by atoms with Gasteiger partial charge in [0.1, 0.15) is 11.4 Å². The third-order valence-electron chi connectivity index (χ3n) is 3.06. The van der Waals surface area contributed by atoms with Gasteiger partial charge in [0.2, 0.25) is 0 Å². The monoisotopic (exact) mass is 306 g/mol. The largest absolute Gasteiger partial charge is 0.380 e. The molecule has 2 rings (SSSR count). The molecular formula is C14H18N4O2S. The summed E-state index contributed by atoms with van der Waals surface area (Å²) < 4.78 is 0. The van der Waals surface area contributed by atoms with E-state index < -0.39 is 0 Å². The number of anilines is 2. The van der Waals surface area contributed by atoms with E-state index in [2.05, 4.69) is 15.6 Å². The van der Waals surface area contributed by atoms with Crippen molar-refractivity contribution in [2.75, 3.05) is 23.7 Å². The summed E-state index contributed by atoms with van der Waals surface area (Å²) in [5, 5.41) is 20.4. The normalized spacial score (nSPS) is 11.9. The van der Waals surface area contributed by atoms with Crippen LogP contribution >= 0.6 is 11.3 Å². The molecule has 21 heavy (non-hydrogen) atoms. The van der Waals surface area contributed by atoms with E-state index in [1.165, 1.54) is 0 Å². The van der Waals surface area contributed by atoms with E-state index in [-0.39, 0.29) is 16.5 Å². The Bertz CT molecular complexity index is 601. The molecule has 0 aliphatic heterocycles. The molecule has 1 heterocycles. The SMILES string of the molecule is CCNc1cccc(NCC(C)c2nccs2)c1[N+](=O)[O-]. The van der Waals surface area contributed by atoms with Gasteiger partial charge in [0, 0.05) is 30.6 Å². The lowest BCUT2D eigenvalue weighted by molar-refractivity contribution is -0.383. The lowest BCUT2D eigenvalue weighted by Gasteiger charge is -2.13. The second kappa shape index (κ2) is 7.03. The van der Waals surface area contributed by atoms with Gasteiger partial charge in [-0.05, 0) is 19.1 Å². The zero-order valence-electron chi connectivity index (χ0n) is 12.0. The van der Waals surface area contributed by atoms with Crippen LogP contribution in [0, 0.1) is 10.1 Å². The third-order valence-corrected chi connectivity index (χ3v) is 4.06. The average molecular weight is 306 g/mol. The third kappa shape index (κ3) is 3.69. The summed E-state index contributed by atoms with van der Waals surface area (Å²) in [7, 11) is 0. The van der Waals surface area contributed by atoms with Crippen LogP contribution in [0.15, 0.2) is 29.8 Å². The van der Waals surface area contributed by atoms with Crippen molar-refractivity contribution in [3.63, 3.8) is 0 Å². The number of para-hydroxylation sites is 1. The van der Waals surface area contributed by atoms with Gasteiger partial charge in [-0.3, -0.25) is 10.1 Å². The summed E-state index contributed by atoms with van der Waals surface area (Å²) in [5.41, 5.74) is 1.15. The summed E-state index contributed by atoms with van der Waals surface area (Å²) in [6.45, 7) is 5.20. The van der Waals surface area contributed by atoms with Crippen molar-refractivity contribution in [3.05, 3.63) is 44.9 Å². The van der Waals surface area contributed by atoms with Crippen LogP contribution in [-0.4, -0.2) is 23.0 Å². The zero-order valence-corrected chi connectivity index (χ0v) is 12.8. The van der Waals surface area contributed by atoms with E-state index in [4.69, 9.17) is 0 Å². The van der Waals surface area contributed by atoms with Crippen LogP contribution in [0.25, 0.3) is 0 Å². The fourth-order valence-electron chi connectivity index (χ4n) is 2.04. The summed E-state index contributed by atoms with van der Waals surface area (Å²) in [6.07, 6.45) is 1.77. The van der Waals surface area contributed by atoms with Crippen molar-refractivity contribution in [2.45, 2.75) is 19.8 Å². The zero-order chi connectivity index (χ0) is 15.2. The van der Waals surface area contributed by atoms with Crippen LogP contribution in [0.4, 0.5) is 17.1 Å². The van der Waals surface area contributed by atoms with Crippen LogP contribution in [-0.2, 0) is 0 Å². The molecule has 0 saturated heterocycles. The fraction of sp³-hybridized carbons (Fsp3) is 0.357. The van der Waals surface area contributed by atoms with Crippen LogP contribution in [0.1, 0.15) is 24.8 Å². The number of benzene rings is 1. The summed E-state index contributed by atoms with van der Waals surface area (Å²) in [5.74, 6) is 0.201. The van der Waals surface area contributed by atoms with Crippen LogP contribution in [0.5, 0.6) is 0 Å². The quantitative estimate of drug-likeness (QED) is 0.602. The van der Waals surface area contributed by atoms with Crippen LogP contribution in [0.2, 0.25) is 0 Å². The molecular weight excluding hydrogens is 288 g/mol. The Hall–Kier alpha value is -2.15. The van der Waals surface area contributed by atoms with Gasteiger partial charge in [-0.2, -0.15) is 0 Å². The Morgan fingerprint density at radius 3 is 2.67 bits per heavy atom. The Kier molecular flexibility index (Phi) is 5.10. The van der Waals surface area contributed by atoms with E-state index in [1.54, 1.807) is 35.7 Å². The molecule has 6 nitrogen and oxygen atoms in total. The highest BCUT2D eigenvalue weighted by Crippen LogP contribution is 2.33. The maximum atomic E-state index is 11.3. The molecule has 2 aromatic rings. The van der Waals surface area contributed by atoms with Gasteiger partial charge in [-0.15, -0.1) is 11.3 Å².